The summed E-state index contributed by atoms with van der Waals surface area (Å²) in [6, 6.07) is 18.1. The van der Waals surface area contributed by atoms with Crippen molar-refractivity contribution in [2.75, 3.05) is 26.3 Å². The molecule has 1 aromatic heterocycles. The maximum absolute atomic E-state index is 5.72. The highest BCUT2D eigenvalue weighted by molar-refractivity contribution is 5.49. The van der Waals surface area contributed by atoms with Crippen LogP contribution in [0.2, 0.25) is 0 Å². The average molecular weight is 393 g/mol. The van der Waals surface area contributed by atoms with Crippen LogP contribution in [0.3, 0.4) is 0 Å². The molecule has 0 bridgehead atoms. The summed E-state index contributed by atoms with van der Waals surface area (Å²) in [5, 5.41) is 8.43. The van der Waals surface area contributed by atoms with Crippen LogP contribution in [0, 0.1) is 5.92 Å². The summed E-state index contributed by atoms with van der Waals surface area (Å²) in [5.41, 5.74) is 3.17. The Morgan fingerprint density at radius 2 is 1.90 bits per heavy atom. The molecule has 1 aliphatic rings. The van der Waals surface area contributed by atoms with E-state index in [4.69, 9.17) is 19.3 Å². The lowest BCUT2D eigenvalue weighted by atomic mass is 10.2. The summed E-state index contributed by atoms with van der Waals surface area (Å²) in [5.74, 6) is 3.77. The molecule has 1 saturated carbocycles. The molecule has 0 aliphatic heterocycles. The van der Waals surface area contributed by atoms with E-state index in [-0.39, 0.29) is 6.79 Å². The van der Waals surface area contributed by atoms with E-state index in [2.05, 4.69) is 30.4 Å². The Hall–Kier alpha value is -2.99. The third-order valence-electron chi connectivity index (χ3n) is 5.28. The first-order valence-electron chi connectivity index (χ1n) is 9.87. The zero-order valence-electron chi connectivity index (χ0n) is 17.1. The molecule has 2 aromatic carbocycles. The quantitative estimate of drug-likeness (QED) is 0.539. The van der Waals surface area contributed by atoms with E-state index in [1.54, 1.807) is 14.2 Å². The Balaban J connectivity index is 1.60. The number of hydrogen-bond donors (Lipinski definition) is 1. The van der Waals surface area contributed by atoms with Gasteiger partial charge in [0.1, 0.15) is 17.3 Å². The highest BCUT2D eigenvalue weighted by Gasteiger charge is 2.36. The number of rotatable bonds is 9. The molecule has 0 spiro atoms. The molecule has 3 aromatic rings. The number of aromatic nitrogens is 2. The number of benzene rings is 2. The van der Waals surface area contributed by atoms with E-state index in [0.29, 0.717) is 18.4 Å². The van der Waals surface area contributed by atoms with E-state index >= 15 is 0 Å². The van der Waals surface area contributed by atoms with Gasteiger partial charge in [-0.05, 0) is 42.7 Å². The van der Waals surface area contributed by atoms with E-state index < -0.39 is 0 Å². The molecule has 29 heavy (non-hydrogen) atoms. The van der Waals surface area contributed by atoms with Crippen LogP contribution >= 0.6 is 0 Å². The fourth-order valence-corrected chi connectivity index (χ4v) is 3.48. The summed E-state index contributed by atoms with van der Waals surface area (Å²) >= 11 is 0. The molecular formula is C23H27N3O3. The van der Waals surface area contributed by atoms with Crippen LogP contribution in [-0.2, 0) is 11.3 Å². The predicted molar refractivity (Wildman–Crippen MR) is 113 cm³/mol. The Bertz CT molecular complexity index is 955. The minimum atomic E-state index is 0.199. The molecule has 6 heteroatoms. The SMILES string of the molecule is COCOc1ccc(OC)cc1CNc1cc([C@H]2C[C@H]2C)nn1-c1ccccc1. The van der Waals surface area contributed by atoms with Crippen molar-refractivity contribution in [3.8, 4) is 17.2 Å². The molecule has 6 nitrogen and oxygen atoms in total. The van der Waals surface area contributed by atoms with Crippen molar-refractivity contribution in [1.82, 2.24) is 9.78 Å². The number of methoxy groups -OCH3 is 2. The smallest absolute Gasteiger partial charge is 0.188 e. The van der Waals surface area contributed by atoms with Gasteiger partial charge in [-0.1, -0.05) is 25.1 Å². The Labute approximate surface area is 171 Å². The van der Waals surface area contributed by atoms with Gasteiger partial charge in [-0.15, -0.1) is 0 Å². The van der Waals surface area contributed by atoms with Crippen molar-refractivity contribution in [1.29, 1.82) is 0 Å². The number of ether oxygens (including phenoxy) is 3. The molecule has 1 aliphatic carbocycles. The van der Waals surface area contributed by atoms with Gasteiger partial charge in [0.25, 0.3) is 0 Å². The zero-order valence-corrected chi connectivity index (χ0v) is 17.1. The highest BCUT2D eigenvalue weighted by Crippen LogP contribution is 2.47. The molecule has 0 amide bonds. The van der Waals surface area contributed by atoms with Crippen LogP contribution in [-0.4, -0.2) is 30.8 Å². The van der Waals surface area contributed by atoms with Gasteiger partial charge in [0.15, 0.2) is 6.79 Å². The predicted octanol–water partition coefficient (Wildman–Crippen LogP) is 4.60. The molecule has 1 heterocycles. The molecule has 1 fully saturated rings. The second-order valence-corrected chi connectivity index (χ2v) is 7.40. The van der Waals surface area contributed by atoms with E-state index in [0.717, 1.165) is 34.3 Å². The molecule has 1 N–H and O–H groups in total. The topological polar surface area (TPSA) is 57.5 Å². The minimum Gasteiger partial charge on any atom is -0.497 e. The monoisotopic (exact) mass is 393 g/mol. The van der Waals surface area contributed by atoms with E-state index in [9.17, 15) is 0 Å². The molecule has 0 saturated heterocycles. The molecule has 0 unspecified atom stereocenters. The van der Waals surface area contributed by atoms with Crippen LogP contribution in [0.1, 0.15) is 30.5 Å². The fraction of sp³-hybridized carbons (Fsp3) is 0.348. The lowest BCUT2D eigenvalue weighted by molar-refractivity contribution is 0.0504. The second-order valence-electron chi connectivity index (χ2n) is 7.40. The number of hydrogen-bond acceptors (Lipinski definition) is 5. The third-order valence-corrected chi connectivity index (χ3v) is 5.28. The van der Waals surface area contributed by atoms with Crippen LogP contribution in [0.25, 0.3) is 5.69 Å². The number of nitrogens with one attached hydrogen (secondary N) is 1. The van der Waals surface area contributed by atoms with Crippen molar-refractivity contribution in [3.05, 3.63) is 65.9 Å². The number of para-hydroxylation sites is 1. The van der Waals surface area contributed by atoms with Crippen molar-refractivity contribution < 1.29 is 14.2 Å². The van der Waals surface area contributed by atoms with Crippen LogP contribution in [0.15, 0.2) is 54.6 Å². The number of nitrogens with zero attached hydrogens (tertiary/aromatic N) is 2. The standard InChI is InChI=1S/C23H27N3O3/c1-16-11-20(16)21-13-23(26(25-21)18-7-5-4-6-8-18)24-14-17-12-19(28-3)9-10-22(17)29-15-27-2/h4-10,12-13,16,20,24H,11,14-15H2,1-3H3/t16-,20+/m1/s1. The van der Waals surface area contributed by atoms with Gasteiger partial charge >= 0.3 is 0 Å². The van der Waals surface area contributed by atoms with Crippen LogP contribution in [0.4, 0.5) is 5.82 Å². The van der Waals surface area contributed by atoms with Gasteiger partial charge in [0, 0.05) is 31.2 Å². The number of anilines is 1. The van der Waals surface area contributed by atoms with Crippen LogP contribution in [0.5, 0.6) is 11.5 Å². The molecular weight excluding hydrogens is 366 g/mol. The van der Waals surface area contributed by atoms with Crippen molar-refractivity contribution in [3.63, 3.8) is 0 Å². The fourth-order valence-electron chi connectivity index (χ4n) is 3.48. The van der Waals surface area contributed by atoms with Gasteiger partial charge in [0.05, 0.1) is 18.5 Å². The maximum atomic E-state index is 5.72. The molecule has 2 atom stereocenters. The second kappa shape index (κ2) is 8.57. The lowest BCUT2D eigenvalue weighted by Gasteiger charge is -2.14. The summed E-state index contributed by atoms with van der Waals surface area (Å²) in [6.45, 7) is 3.05. The Morgan fingerprint density at radius 3 is 2.59 bits per heavy atom. The van der Waals surface area contributed by atoms with Crippen molar-refractivity contribution >= 4 is 5.82 Å². The summed E-state index contributed by atoms with van der Waals surface area (Å²) in [6.07, 6.45) is 1.20. The Morgan fingerprint density at radius 1 is 1.10 bits per heavy atom. The van der Waals surface area contributed by atoms with Gasteiger partial charge in [0.2, 0.25) is 0 Å². The third kappa shape index (κ3) is 4.38. The first kappa shape index (κ1) is 19.3. The van der Waals surface area contributed by atoms with Gasteiger partial charge in [-0.2, -0.15) is 5.10 Å². The normalized spacial score (nSPS) is 17.8. The van der Waals surface area contributed by atoms with Gasteiger partial charge < -0.3 is 19.5 Å². The van der Waals surface area contributed by atoms with Crippen molar-refractivity contribution in [2.45, 2.75) is 25.8 Å². The zero-order chi connectivity index (χ0) is 20.2. The van der Waals surface area contributed by atoms with Gasteiger partial charge in [-0.3, -0.25) is 0 Å². The van der Waals surface area contributed by atoms with E-state index in [1.165, 1.54) is 6.42 Å². The molecule has 152 valence electrons. The maximum Gasteiger partial charge on any atom is 0.188 e. The van der Waals surface area contributed by atoms with Crippen molar-refractivity contribution in [2.24, 2.45) is 5.92 Å². The van der Waals surface area contributed by atoms with E-state index in [1.807, 2.05) is 41.1 Å². The summed E-state index contributed by atoms with van der Waals surface area (Å²) < 4.78 is 18.1. The first-order chi connectivity index (χ1) is 14.2. The lowest BCUT2D eigenvalue weighted by Crippen LogP contribution is -2.09. The summed E-state index contributed by atoms with van der Waals surface area (Å²) in [4.78, 5) is 0. The Kier molecular flexibility index (Phi) is 5.71. The average Bonchev–Trinajstić information content (AvgIpc) is 3.34. The van der Waals surface area contributed by atoms with Crippen LogP contribution < -0.4 is 14.8 Å². The summed E-state index contributed by atoms with van der Waals surface area (Å²) in [7, 11) is 3.27. The largest absolute Gasteiger partial charge is 0.497 e. The molecule has 4 rings (SSSR count). The van der Waals surface area contributed by atoms with Gasteiger partial charge in [-0.25, -0.2) is 4.68 Å². The first-order valence-corrected chi connectivity index (χ1v) is 9.87. The highest BCUT2D eigenvalue weighted by atomic mass is 16.7. The minimum absolute atomic E-state index is 0.199. The molecule has 0 radical (unpaired) electrons.